The molecule has 168 valence electrons. The van der Waals surface area contributed by atoms with E-state index in [0.29, 0.717) is 0 Å². The fourth-order valence-electron chi connectivity index (χ4n) is 9.03. The molecular formula is C27H51B3. The summed E-state index contributed by atoms with van der Waals surface area (Å²) >= 11 is 0. The third-order valence-electron chi connectivity index (χ3n) is 11.4. The molecule has 30 heavy (non-hydrogen) atoms. The topological polar surface area (TPSA) is 0 Å². The standard InChI is InChI=1S/3C9H17B/c3*1-10-8-4-2-5-9(10)7-3-6-8/h3*8-9H,2-7H2,1H3. The lowest BCUT2D eigenvalue weighted by Gasteiger charge is -2.38. The van der Waals surface area contributed by atoms with Crippen LogP contribution in [-0.2, 0) is 0 Å². The van der Waals surface area contributed by atoms with Gasteiger partial charge in [0.25, 0.3) is 0 Å². The summed E-state index contributed by atoms with van der Waals surface area (Å²) in [5.41, 5.74) is 0. The van der Waals surface area contributed by atoms with Gasteiger partial charge in [-0.05, 0) is 0 Å². The van der Waals surface area contributed by atoms with Crippen molar-refractivity contribution in [2.24, 2.45) is 0 Å². The van der Waals surface area contributed by atoms with Crippen LogP contribution in [0.3, 0.4) is 0 Å². The zero-order valence-electron chi connectivity index (χ0n) is 20.9. The summed E-state index contributed by atoms with van der Waals surface area (Å²) < 4.78 is 0. The van der Waals surface area contributed by atoms with Crippen LogP contribution in [-0.4, -0.2) is 20.1 Å². The van der Waals surface area contributed by atoms with Crippen LogP contribution < -0.4 is 0 Å². The van der Waals surface area contributed by atoms with Gasteiger partial charge >= 0.3 is 0 Å². The lowest BCUT2D eigenvalue weighted by atomic mass is 9.29. The Hall–Kier alpha value is 0.195. The second-order valence-electron chi connectivity index (χ2n) is 12.7. The molecule has 6 aliphatic rings. The highest BCUT2D eigenvalue weighted by Gasteiger charge is 2.36. The molecule has 3 heteroatoms. The summed E-state index contributed by atoms with van der Waals surface area (Å²) in [5.74, 6) is 6.71. The first-order valence-electron chi connectivity index (χ1n) is 14.6. The molecule has 6 aliphatic heterocycles. The van der Waals surface area contributed by atoms with Crippen molar-refractivity contribution >= 4 is 20.1 Å². The molecule has 0 atom stereocenters. The summed E-state index contributed by atoms with van der Waals surface area (Å²) in [6, 6.07) is 0. The molecule has 0 saturated carbocycles. The average molecular weight is 408 g/mol. The smallest absolute Gasteiger partial charge is 0.0856 e. The maximum Gasteiger partial charge on any atom is 0.143 e. The zero-order valence-corrected chi connectivity index (χ0v) is 20.9. The lowest BCUT2D eigenvalue weighted by Crippen LogP contribution is -2.31. The molecule has 0 nitrogen and oxygen atoms in total. The van der Waals surface area contributed by atoms with Crippen molar-refractivity contribution in [3.05, 3.63) is 0 Å². The number of rotatable bonds is 0. The van der Waals surface area contributed by atoms with Gasteiger partial charge in [0.15, 0.2) is 0 Å². The van der Waals surface area contributed by atoms with Crippen molar-refractivity contribution < 1.29 is 0 Å². The summed E-state index contributed by atoms with van der Waals surface area (Å²) in [4.78, 5) is 0. The van der Waals surface area contributed by atoms with Crippen molar-refractivity contribution in [1.29, 1.82) is 0 Å². The Morgan fingerprint density at radius 2 is 0.433 bits per heavy atom. The second kappa shape index (κ2) is 11.4. The Morgan fingerprint density at radius 3 is 0.533 bits per heavy atom. The number of fused-ring (bicyclic) bond motifs is 6. The molecule has 0 spiro atoms. The van der Waals surface area contributed by atoms with Gasteiger partial charge in [0.2, 0.25) is 0 Å². The third kappa shape index (κ3) is 5.75. The van der Waals surface area contributed by atoms with Gasteiger partial charge in [0.1, 0.15) is 20.1 Å². The molecule has 6 rings (SSSR count). The van der Waals surface area contributed by atoms with Crippen LogP contribution in [0.4, 0.5) is 0 Å². The van der Waals surface area contributed by atoms with Crippen LogP contribution in [0, 0.1) is 0 Å². The van der Waals surface area contributed by atoms with Crippen LogP contribution >= 0.6 is 0 Å². The van der Waals surface area contributed by atoms with E-state index in [9.17, 15) is 0 Å². The fraction of sp³-hybridized carbons (Fsp3) is 1.00. The predicted octanol–water partition coefficient (Wildman–Crippen LogP) is 9.66. The number of hydrogen-bond donors (Lipinski definition) is 0. The highest BCUT2D eigenvalue weighted by atomic mass is 14.2. The normalized spacial score (nSPS) is 39.9. The van der Waals surface area contributed by atoms with E-state index in [4.69, 9.17) is 0 Å². The molecule has 0 amide bonds. The summed E-state index contributed by atoms with van der Waals surface area (Å²) in [5, 5.41) is 0. The van der Waals surface area contributed by atoms with Crippen molar-refractivity contribution in [1.82, 2.24) is 0 Å². The maximum atomic E-state index is 2.48. The molecule has 0 aromatic rings. The first-order chi connectivity index (χ1) is 14.6. The molecular weight excluding hydrogens is 357 g/mol. The Labute approximate surface area is 191 Å². The van der Waals surface area contributed by atoms with Gasteiger partial charge in [-0.1, -0.05) is 171 Å². The highest BCUT2D eigenvalue weighted by Crippen LogP contribution is 2.47. The van der Waals surface area contributed by atoms with Gasteiger partial charge < -0.3 is 0 Å². The van der Waals surface area contributed by atoms with E-state index in [1.807, 2.05) is 0 Å². The SMILES string of the molecule is CB1C2CCCC1CCC2.CB1C2CCCC1CCC2.CB1C2CCCC1CCC2. The van der Waals surface area contributed by atoms with E-state index in [0.717, 1.165) is 55.0 Å². The second-order valence-corrected chi connectivity index (χ2v) is 12.7. The third-order valence-corrected chi connectivity index (χ3v) is 11.4. The highest BCUT2D eigenvalue weighted by molar-refractivity contribution is 6.61. The molecule has 0 aromatic carbocycles. The minimum Gasteiger partial charge on any atom is -0.0856 e. The van der Waals surface area contributed by atoms with Crippen molar-refractivity contribution in [2.75, 3.05) is 0 Å². The fourth-order valence-corrected chi connectivity index (χ4v) is 9.03. The van der Waals surface area contributed by atoms with Crippen LogP contribution in [0.5, 0.6) is 0 Å². The summed E-state index contributed by atoms with van der Waals surface area (Å²) in [6.07, 6.45) is 27.6. The first kappa shape index (κ1) is 23.4. The first-order valence-corrected chi connectivity index (χ1v) is 14.6. The van der Waals surface area contributed by atoms with Gasteiger partial charge in [-0.25, -0.2) is 0 Å². The van der Waals surface area contributed by atoms with Gasteiger partial charge in [0, 0.05) is 0 Å². The average Bonchev–Trinajstić information content (AvgIpc) is 2.68. The Morgan fingerprint density at radius 1 is 0.300 bits per heavy atom. The van der Waals surface area contributed by atoms with E-state index in [-0.39, 0.29) is 0 Å². The molecule has 0 aliphatic carbocycles. The quantitative estimate of drug-likeness (QED) is 0.350. The van der Waals surface area contributed by atoms with Crippen LogP contribution in [0.1, 0.15) is 116 Å². The van der Waals surface area contributed by atoms with E-state index in [2.05, 4.69) is 20.5 Å². The summed E-state index contributed by atoms with van der Waals surface area (Å²) in [6.45, 7) is 10.7. The van der Waals surface area contributed by atoms with E-state index >= 15 is 0 Å². The van der Waals surface area contributed by atoms with Crippen LogP contribution in [0.15, 0.2) is 0 Å². The molecule has 0 N–H and O–H groups in total. The predicted molar refractivity (Wildman–Crippen MR) is 140 cm³/mol. The molecule has 6 bridgehead atoms. The van der Waals surface area contributed by atoms with E-state index in [1.54, 1.807) is 0 Å². The molecule has 6 saturated heterocycles. The van der Waals surface area contributed by atoms with Crippen molar-refractivity contribution in [3.63, 3.8) is 0 Å². The Balaban J connectivity index is 0.000000109. The van der Waals surface area contributed by atoms with Gasteiger partial charge in [-0.2, -0.15) is 0 Å². The minimum absolute atomic E-state index is 1.07. The maximum absolute atomic E-state index is 2.48. The monoisotopic (exact) mass is 408 g/mol. The molecule has 0 radical (unpaired) electrons. The van der Waals surface area contributed by atoms with Gasteiger partial charge in [-0.15, -0.1) is 0 Å². The largest absolute Gasteiger partial charge is 0.143 e. The van der Waals surface area contributed by atoms with Crippen LogP contribution in [0.25, 0.3) is 0 Å². The van der Waals surface area contributed by atoms with E-state index < -0.39 is 0 Å². The Bertz CT molecular complexity index is 371. The molecule has 0 unspecified atom stereocenters. The van der Waals surface area contributed by atoms with Crippen LogP contribution in [0.2, 0.25) is 55.4 Å². The van der Waals surface area contributed by atoms with E-state index in [1.165, 1.54) is 116 Å². The van der Waals surface area contributed by atoms with Gasteiger partial charge in [-0.3, -0.25) is 0 Å². The summed E-state index contributed by atoms with van der Waals surface area (Å²) in [7, 11) is 0. The van der Waals surface area contributed by atoms with Gasteiger partial charge in [0.05, 0.1) is 0 Å². The molecule has 6 heterocycles. The molecule has 6 fully saturated rings. The minimum atomic E-state index is 1.07. The Kier molecular flexibility index (Phi) is 8.85. The lowest BCUT2D eigenvalue weighted by molar-refractivity contribution is 0.445. The van der Waals surface area contributed by atoms with Crippen molar-refractivity contribution in [3.8, 4) is 0 Å². The zero-order chi connectivity index (χ0) is 20.9. The number of hydrogen-bond acceptors (Lipinski definition) is 0. The van der Waals surface area contributed by atoms with Crippen molar-refractivity contribution in [2.45, 2.75) is 171 Å². The molecule has 0 aromatic heterocycles.